The Morgan fingerprint density at radius 2 is 1.90 bits per heavy atom. The monoisotopic (exact) mass is 204 g/mol. The molecule has 1 atom stereocenters. The molecule has 0 aromatic rings. The molecule has 0 aromatic carbocycles. The van der Waals surface area contributed by atoms with E-state index in [-0.39, 0.29) is 4.83 Å². The Morgan fingerprint density at radius 1 is 1.30 bits per heavy atom. The second-order valence-electron chi connectivity index (χ2n) is 2.98. The number of rotatable bonds is 2. The summed E-state index contributed by atoms with van der Waals surface area (Å²) in [4.78, 5) is 10.5. The van der Waals surface area contributed by atoms with Crippen LogP contribution in [0.5, 0.6) is 0 Å². The first-order valence-electron chi connectivity index (χ1n) is 3.94. The van der Waals surface area contributed by atoms with Gasteiger partial charge < -0.3 is 4.79 Å². The number of carbonyl (C=O) groups is 1. The van der Waals surface area contributed by atoms with Crippen LogP contribution in [-0.4, -0.2) is 11.1 Å². The molecule has 0 spiro atoms. The van der Waals surface area contributed by atoms with Gasteiger partial charge in [-0.25, -0.2) is 0 Å². The molecular weight excluding hydrogens is 192 g/mol. The zero-order valence-corrected chi connectivity index (χ0v) is 7.64. The van der Waals surface area contributed by atoms with Crippen molar-refractivity contribution in [1.82, 2.24) is 0 Å². The van der Waals surface area contributed by atoms with Crippen molar-refractivity contribution in [1.29, 1.82) is 0 Å². The molecule has 0 N–H and O–H groups in total. The Balaban J connectivity index is 2.30. The molecule has 2 heteroatoms. The van der Waals surface area contributed by atoms with E-state index in [1.807, 2.05) is 0 Å². The van der Waals surface area contributed by atoms with E-state index in [1.54, 1.807) is 0 Å². The lowest BCUT2D eigenvalue weighted by Gasteiger charge is -2.22. The minimum absolute atomic E-state index is 0.118. The Kier molecular flexibility index (Phi) is 3.40. The summed E-state index contributed by atoms with van der Waals surface area (Å²) in [6.07, 6.45) is 7.45. The minimum atomic E-state index is 0.118. The molecule has 0 aromatic heterocycles. The van der Waals surface area contributed by atoms with Crippen LogP contribution in [0.1, 0.15) is 32.1 Å². The SMILES string of the molecule is O=C[C@@H](Br)C1CCCCC1. The summed E-state index contributed by atoms with van der Waals surface area (Å²) < 4.78 is 0. The summed E-state index contributed by atoms with van der Waals surface area (Å²) in [5, 5.41) is 0. The summed E-state index contributed by atoms with van der Waals surface area (Å²) in [6.45, 7) is 0. The van der Waals surface area contributed by atoms with Crippen molar-refractivity contribution >= 4 is 22.2 Å². The molecule has 1 aliphatic rings. The maximum absolute atomic E-state index is 10.4. The predicted octanol–water partition coefficient (Wildman–Crippen LogP) is 2.53. The molecular formula is C8H13BrO. The van der Waals surface area contributed by atoms with Gasteiger partial charge in [0.25, 0.3) is 0 Å². The molecule has 0 aliphatic heterocycles. The molecule has 0 unspecified atom stereocenters. The molecule has 0 saturated heterocycles. The van der Waals surface area contributed by atoms with Gasteiger partial charge in [-0.05, 0) is 18.8 Å². The van der Waals surface area contributed by atoms with Gasteiger partial charge in [-0.15, -0.1) is 0 Å². The van der Waals surface area contributed by atoms with E-state index in [0.717, 1.165) is 6.29 Å². The molecule has 1 nitrogen and oxygen atoms in total. The summed E-state index contributed by atoms with van der Waals surface area (Å²) >= 11 is 3.37. The Hall–Kier alpha value is 0.150. The lowest BCUT2D eigenvalue weighted by atomic mass is 9.87. The molecule has 1 fully saturated rings. The van der Waals surface area contributed by atoms with Crippen LogP contribution in [0.4, 0.5) is 0 Å². The van der Waals surface area contributed by atoms with Crippen LogP contribution in [0.2, 0.25) is 0 Å². The summed E-state index contributed by atoms with van der Waals surface area (Å²) in [5.41, 5.74) is 0. The van der Waals surface area contributed by atoms with Crippen LogP contribution >= 0.6 is 15.9 Å². The van der Waals surface area contributed by atoms with Gasteiger partial charge in [0.2, 0.25) is 0 Å². The highest BCUT2D eigenvalue weighted by molar-refractivity contribution is 9.09. The van der Waals surface area contributed by atoms with Crippen molar-refractivity contribution in [2.75, 3.05) is 0 Å². The van der Waals surface area contributed by atoms with Crippen LogP contribution in [0.3, 0.4) is 0 Å². The molecule has 0 bridgehead atoms. The lowest BCUT2D eigenvalue weighted by molar-refractivity contribution is -0.108. The fourth-order valence-corrected chi connectivity index (χ4v) is 2.09. The molecule has 0 heterocycles. The molecule has 1 aliphatic carbocycles. The first kappa shape index (κ1) is 8.25. The lowest BCUT2D eigenvalue weighted by Crippen LogP contribution is -2.18. The summed E-state index contributed by atoms with van der Waals surface area (Å²) in [5.74, 6) is 0.617. The van der Waals surface area contributed by atoms with Gasteiger partial charge in [-0.2, -0.15) is 0 Å². The van der Waals surface area contributed by atoms with Crippen molar-refractivity contribution < 1.29 is 4.79 Å². The van der Waals surface area contributed by atoms with Crippen molar-refractivity contribution in [3.8, 4) is 0 Å². The number of carbonyl (C=O) groups excluding carboxylic acids is 1. The van der Waals surface area contributed by atoms with Crippen LogP contribution < -0.4 is 0 Å². The highest BCUT2D eigenvalue weighted by atomic mass is 79.9. The fraction of sp³-hybridized carbons (Fsp3) is 0.875. The van der Waals surface area contributed by atoms with Crippen molar-refractivity contribution in [3.05, 3.63) is 0 Å². The third-order valence-corrected chi connectivity index (χ3v) is 3.19. The zero-order valence-electron chi connectivity index (χ0n) is 6.05. The van der Waals surface area contributed by atoms with Gasteiger partial charge in [0, 0.05) is 0 Å². The Bertz CT molecular complexity index is 108. The first-order chi connectivity index (χ1) is 4.84. The van der Waals surface area contributed by atoms with E-state index in [1.165, 1.54) is 32.1 Å². The highest BCUT2D eigenvalue weighted by Crippen LogP contribution is 2.28. The van der Waals surface area contributed by atoms with Gasteiger partial charge in [-0.3, -0.25) is 0 Å². The maximum Gasteiger partial charge on any atom is 0.133 e. The Labute approximate surface area is 70.3 Å². The summed E-state index contributed by atoms with van der Waals surface area (Å²) in [7, 11) is 0. The van der Waals surface area contributed by atoms with Crippen LogP contribution in [0.15, 0.2) is 0 Å². The molecule has 10 heavy (non-hydrogen) atoms. The number of hydrogen-bond acceptors (Lipinski definition) is 1. The van der Waals surface area contributed by atoms with Gasteiger partial charge in [0.15, 0.2) is 0 Å². The highest BCUT2D eigenvalue weighted by Gasteiger charge is 2.20. The van der Waals surface area contributed by atoms with E-state index in [2.05, 4.69) is 15.9 Å². The molecule has 1 saturated carbocycles. The van der Waals surface area contributed by atoms with E-state index in [0.29, 0.717) is 5.92 Å². The van der Waals surface area contributed by atoms with Crippen LogP contribution in [0, 0.1) is 5.92 Å². The number of aldehydes is 1. The topological polar surface area (TPSA) is 17.1 Å². The van der Waals surface area contributed by atoms with Gasteiger partial charge >= 0.3 is 0 Å². The number of halogens is 1. The Morgan fingerprint density at radius 3 is 2.40 bits per heavy atom. The normalized spacial score (nSPS) is 24.1. The van der Waals surface area contributed by atoms with E-state index in [9.17, 15) is 4.79 Å². The van der Waals surface area contributed by atoms with Crippen molar-refractivity contribution in [3.63, 3.8) is 0 Å². The fourth-order valence-electron chi connectivity index (χ4n) is 1.56. The zero-order chi connectivity index (χ0) is 7.40. The summed E-state index contributed by atoms with van der Waals surface area (Å²) in [6, 6.07) is 0. The van der Waals surface area contributed by atoms with E-state index >= 15 is 0 Å². The van der Waals surface area contributed by atoms with Gasteiger partial charge in [0.05, 0.1) is 4.83 Å². The van der Waals surface area contributed by atoms with Crippen molar-refractivity contribution in [2.24, 2.45) is 5.92 Å². The standard InChI is InChI=1S/C8H13BrO/c9-8(6-10)7-4-2-1-3-5-7/h6-8H,1-5H2/t8-/m1/s1. The van der Waals surface area contributed by atoms with Crippen LogP contribution in [0.25, 0.3) is 0 Å². The quantitative estimate of drug-likeness (QED) is 0.500. The number of hydrogen-bond donors (Lipinski definition) is 0. The molecule has 58 valence electrons. The van der Waals surface area contributed by atoms with Crippen LogP contribution in [-0.2, 0) is 4.79 Å². The maximum atomic E-state index is 10.4. The third kappa shape index (κ3) is 2.08. The number of alkyl halides is 1. The largest absolute Gasteiger partial charge is 0.302 e. The smallest absolute Gasteiger partial charge is 0.133 e. The minimum Gasteiger partial charge on any atom is -0.302 e. The van der Waals surface area contributed by atoms with E-state index < -0.39 is 0 Å². The van der Waals surface area contributed by atoms with E-state index in [4.69, 9.17) is 0 Å². The second-order valence-corrected chi connectivity index (χ2v) is 4.04. The molecule has 0 radical (unpaired) electrons. The average molecular weight is 205 g/mol. The third-order valence-electron chi connectivity index (χ3n) is 2.23. The second kappa shape index (κ2) is 4.12. The van der Waals surface area contributed by atoms with Gasteiger partial charge in [0.1, 0.15) is 6.29 Å². The molecule has 0 amide bonds. The van der Waals surface area contributed by atoms with Gasteiger partial charge in [-0.1, -0.05) is 35.2 Å². The van der Waals surface area contributed by atoms with Crippen molar-refractivity contribution in [2.45, 2.75) is 36.9 Å². The average Bonchev–Trinajstić information content (AvgIpc) is 2.05. The molecule has 1 rings (SSSR count). The first-order valence-corrected chi connectivity index (χ1v) is 4.85. The predicted molar refractivity (Wildman–Crippen MR) is 45.4 cm³/mol.